The SMILES string of the molecule is O=S(=O)(Cl)CC(F)c1c(F)cccc1F. The highest BCUT2D eigenvalue weighted by molar-refractivity contribution is 8.13. The molecule has 0 N–H and O–H groups in total. The van der Waals surface area contributed by atoms with E-state index in [1.54, 1.807) is 0 Å². The molecule has 0 bridgehead atoms. The molecule has 1 rings (SSSR count). The van der Waals surface area contributed by atoms with Gasteiger partial charge in [-0.3, -0.25) is 0 Å². The number of rotatable bonds is 3. The van der Waals surface area contributed by atoms with Crippen LogP contribution in [-0.2, 0) is 9.05 Å². The maximum atomic E-state index is 13.2. The van der Waals surface area contributed by atoms with Crippen LogP contribution in [0.1, 0.15) is 11.7 Å². The summed E-state index contributed by atoms with van der Waals surface area (Å²) < 4.78 is 60.2. The molecule has 0 aromatic heterocycles. The molecule has 1 unspecified atom stereocenters. The topological polar surface area (TPSA) is 34.1 Å². The molecule has 84 valence electrons. The molecule has 7 heteroatoms. The number of benzene rings is 1. The summed E-state index contributed by atoms with van der Waals surface area (Å²) in [6.45, 7) is 0. The Morgan fingerprint density at radius 1 is 1.27 bits per heavy atom. The number of hydrogen-bond donors (Lipinski definition) is 0. The molecule has 1 aromatic carbocycles. The van der Waals surface area contributed by atoms with Gasteiger partial charge in [-0.25, -0.2) is 21.6 Å². The first kappa shape index (κ1) is 12.3. The van der Waals surface area contributed by atoms with Crippen molar-refractivity contribution in [1.29, 1.82) is 0 Å². The monoisotopic (exact) mass is 258 g/mol. The number of alkyl halides is 1. The molecule has 15 heavy (non-hydrogen) atoms. The molecule has 0 radical (unpaired) electrons. The first-order valence-corrected chi connectivity index (χ1v) is 6.29. The Labute approximate surface area is 89.1 Å². The van der Waals surface area contributed by atoms with E-state index in [0.717, 1.165) is 18.2 Å². The first-order valence-electron chi connectivity index (χ1n) is 3.81. The van der Waals surface area contributed by atoms with Gasteiger partial charge in [0.25, 0.3) is 0 Å². The van der Waals surface area contributed by atoms with E-state index in [-0.39, 0.29) is 0 Å². The minimum absolute atomic E-state index is 0.839. The van der Waals surface area contributed by atoms with Gasteiger partial charge in [-0.1, -0.05) is 6.07 Å². The van der Waals surface area contributed by atoms with E-state index in [1.165, 1.54) is 0 Å². The van der Waals surface area contributed by atoms with Gasteiger partial charge >= 0.3 is 0 Å². The van der Waals surface area contributed by atoms with Crippen molar-refractivity contribution in [3.05, 3.63) is 35.4 Å². The Bertz CT molecular complexity index is 441. The maximum absolute atomic E-state index is 13.2. The van der Waals surface area contributed by atoms with Gasteiger partial charge in [-0.05, 0) is 12.1 Å². The van der Waals surface area contributed by atoms with Crippen molar-refractivity contribution in [3.63, 3.8) is 0 Å². The zero-order valence-electron chi connectivity index (χ0n) is 7.25. The summed E-state index contributed by atoms with van der Waals surface area (Å²) in [5.41, 5.74) is -0.915. The summed E-state index contributed by atoms with van der Waals surface area (Å²) in [7, 11) is 0.629. The van der Waals surface area contributed by atoms with Gasteiger partial charge in [0.2, 0.25) is 9.05 Å². The lowest BCUT2D eigenvalue weighted by Crippen LogP contribution is -2.09. The highest BCUT2D eigenvalue weighted by Crippen LogP contribution is 2.26. The third-order valence-corrected chi connectivity index (χ3v) is 2.73. The minimum Gasteiger partial charge on any atom is -0.241 e. The van der Waals surface area contributed by atoms with E-state index in [9.17, 15) is 21.6 Å². The van der Waals surface area contributed by atoms with Crippen LogP contribution in [0.2, 0.25) is 0 Å². The molecule has 0 saturated carbocycles. The lowest BCUT2D eigenvalue weighted by Gasteiger charge is -2.08. The van der Waals surface area contributed by atoms with Crippen molar-refractivity contribution in [2.45, 2.75) is 6.17 Å². The minimum atomic E-state index is -4.14. The summed E-state index contributed by atoms with van der Waals surface area (Å²) in [5, 5.41) is 0. The van der Waals surface area contributed by atoms with Gasteiger partial charge in [0.1, 0.15) is 23.6 Å². The van der Waals surface area contributed by atoms with Crippen LogP contribution in [0.3, 0.4) is 0 Å². The molecule has 0 aliphatic heterocycles. The number of halogens is 4. The van der Waals surface area contributed by atoms with Crippen LogP contribution in [0.5, 0.6) is 0 Å². The zero-order chi connectivity index (χ0) is 11.6. The van der Waals surface area contributed by atoms with Gasteiger partial charge in [-0.2, -0.15) is 0 Å². The van der Waals surface area contributed by atoms with Gasteiger partial charge in [-0.15, -0.1) is 0 Å². The molecule has 0 fully saturated rings. The summed E-state index contributed by atoms with van der Waals surface area (Å²) in [6, 6.07) is 2.73. The highest BCUT2D eigenvalue weighted by atomic mass is 35.7. The summed E-state index contributed by atoms with van der Waals surface area (Å²) in [4.78, 5) is 0. The molecule has 0 amide bonds. The van der Waals surface area contributed by atoms with Gasteiger partial charge in [0, 0.05) is 10.7 Å². The zero-order valence-corrected chi connectivity index (χ0v) is 8.83. The van der Waals surface area contributed by atoms with Crippen LogP contribution < -0.4 is 0 Å². The Hall–Kier alpha value is -0.750. The standard InChI is InChI=1S/C8H6ClF3O2S/c9-15(13,14)4-7(12)8-5(10)2-1-3-6(8)11/h1-3,7H,4H2. The fourth-order valence-corrected chi connectivity index (χ4v) is 1.92. The largest absolute Gasteiger partial charge is 0.241 e. The lowest BCUT2D eigenvalue weighted by molar-refractivity contribution is 0.349. The van der Waals surface area contributed by atoms with Crippen molar-refractivity contribution in [3.8, 4) is 0 Å². The van der Waals surface area contributed by atoms with Crippen molar-refractivity contribution in [2.75, 3.05) is 5.75 Å². The Morgan fingerprint density at radius 3 is 2.13 bits per heavy atom. The van der Waals surface area contributed by atoms with E-state index in [2.05, 4.69) is 0 Å². The van der Waals surface area contributed by atoms with Crippen molar-refractivity contribution in [2.24, 2.45) is 0 Å². The molecule has 2 nitrogen and oxygen atoms in total. The van der Waals surface area contributed by atoms with Crippen LogP contribution in [0.25, 0.3) is 0 Å². The molecular weight excluding hydrogens is 253 g/mol. The van der Waals surface area contributed by atoms with E-state index >= 15 is 0 Å². The smallest absolute Gasteiger partial charge is 0.235 e. The molecule has 0 aliphatic rings. The van der Waals surface area contributed by atoms with Crippen molar-refractivity contribution in [1.82, 2.24) is 0 Å². The normalized spacial score (nSPS) is 13.9. The predicted octanol–water partition coefficient (Wildman–Crippen LogP) is 2.54. The van der Waals surface area contributed by atoms with Crippen molar-refractivity contribution < 1.29 is 21.6 Å². The van der Waals surface area contributed by atoms with E-state index in [0.29, 0.717) is 0 Å². The van der Waals surface area contributed by atoms with Crippen molar-refractivity contribution >= 4 is 19.7 Å². The van der Waals surface area contributed by atoms with Crippen LogP contribution in [-0.4, -0.2) is 14.2 Å². The van der Waals surface area contributed by atoms with Crippen LogP contribution in [0, 0.1) is 11.6 Å². The van der Waals surface area contributed by atoms with Gasteiger partial charge in [0.15, 0.2) is 0 Å². The summed E-state index contributed by atoms with van der Waals surface area (Å²) in [5.74, 6) is -3.43. The van der Waals surface area contributed by atoms with E-state index in [1.807, 2.05) is 0 Å². The Kier molecular flexibility index (Phi) is 3.62. The average Bonchev–Trinajstić information content (AvgIpc) is 1.99. The fraction of sp³-hybridized carbons (Fsp3) is 0.250. The van der Waals surface area contributed by atoms with Crippen LogP contribution in [0.15, 0.2) is 18.2 Å². The maximum Gasteiger partial charge on any atom is 0.235 e. The lowest BCUT2D eigenvalue weighted by atomic mass is 10.1. The van der Waals surface area contributed by atoms with E-state index < -0.39 is 38.2 Å². The molecule has 0 heterocycles. The van der Waals surface area contributed by atoms with Crippen LogP contribution in [0.4, 0.5) is 13.2 Å². The molecule has 0 aliphatic carbocycles. The van der Waals surface area contributed by atoms with Gasteiger partial charge < -0.3 is 0 Å². The Balaban J connectivity index is 3.06. The van der Waals surface area contributed by atoms with E-state index in [4.69, 9.17) is 10.7 Å². The summed E-state index contributed by atoms with van der Waals surface area (Å²) in [6.07, 6.45) is -2.31. The molecule has 0 saturated heterocycles. The van der Waals surface area contributed by atoms with Crippen LogP contribution >= 0.6 is 10.7 Å². The Morgan fingerprint density at radius 2 is 1.73 bits per heavy atom. The second-order valence-electron chi connectivity index (χ2n) is 2.81. The average molecular weight is 259 g/mol. The third kappa shape index (κ3) is 3.39. The molecule has 1 aromatic rings. The number of hydrogen-bond acceptors (Lipinski definition) is 2. The molecular formula is C8H6ClF3O2S. The quantitative estimate of drug-likeness (QED) is 0.781. The second-order valence-corrected chi connectivity index (χ2v) is 5.63. The second kappa shape index (κ2) is 4.40. The third-order valence-electron chi connectivity index (χ3n) is 1.66. The molecule has 0 spiro atoms. The fourth-order valence-electron chi connectivity index (χ4n) is 1.07. The molecule has 1 atom stereocenters. The highest BCUT2D eigenvalue weighted by Gasteiger charge is 2.24. The predicted molar refractivity (Wildman–Crippen MR) is 49.8 cm³/mol. The van der Waals surface area contributed by atoms with Gasteiger partial charge in [0.05, 0.1) is 5.56 Å². The summed E-state index contributed by atoms with van der Waals surface area (Å²) >= 11 is 0. The first-order chi connectivity index (χ1) is 6.81.